The maximum Gasteiger partial charge on any atom is 0.358 e. The van der Waals surface area contributed by atoms with E-state index in [4.69, 9.17) is 9.47 Å². The van der Waals surface area contributed by atoms with Crippen LogP contribution in [0.15, 0.2) is 30.0 Å². The molecule has 1 aromatic carbocycles. The maximum atomic E-state index is 12.9. The van der Waals surface area contributed by atoms with Crippen LogP contribution in [0.2, 0.25) is 0 Å². The summed E-state index contributed by atoms with van der Waals surface area (Å²) in [6, 6.07) is 6.51. The van der Waals surface area contributed by atoms with Crippen LogP contribution >= 0.6 is 0 Å². The van der Waals surface area contributed by atoms with Crippen molar-refractivity contribution < 1.29 is 33.8 Å². The van der Waals surface area contributed by atoms with Gasteiger partial charge in [0.05, 0.1) is 23.5 Å². The third kappa shape index (κ3) is 4.52. The summed E-state index contributed by atoms with van der Waals surface area (Å²) < 4.78 is 10.2. The lowest BCUT2D eigenvalue weighted by molar-refractivity contribution is -0.175. The Kier molecular flexibility index (Phi) is 6.41. The van der Waals surface area contributed by atoms with Crippen LogP contribution < -0.4 is 5.32 Å². The molecule has 2 N–H and O–H groups in total. The predicted octanol–water partition coefficient (Wildman–Crippen LogP) is 2.06. The van der Waals surface area contributed by atoms with Crippen molar-refractivity contribution in [2.75, 3.05) is 12.1 Å². The molecular formula is C23H28N2O7. The molecule has 32 heavy (non-hydrogen) atoms. The molecule has 0 bridgehead atoms. The van der Waals surface area contributed by atoms with Crippen molar-refractivity contribution in [3.05, 3.63) is 35.5 Å². The van der Waals surface area contributed by atoms with Gasteiger partial charge in [0.1, 0.15) is 5.70 Å². The number of carbonyl (C=O) groups excluding carboxylic acids is 4. The van der Waals surface area contributed by atoms with E-state index < -0.39 is 36.2 Å². The third-order valence-corrected chi connectivity index (χ3v) is 5.47. The quantitative estimate of drug-likeness (QED) is 0.391. The first-order valence-corrected chi connectivity index (χ1v) is 10.4. The van der Waals surface area contributed by atoms with Crippen molar-refractivity contribution in [2.24, 2.45) is 11.3 Å². The number of fused-ring (bicyclic) bond motifs is 1. The minimum atomic E-state index is -0.852. The van der Waals surface area contributed by atoms with Gasteiger partial charge in [-0.1, -0.05) is 12.1 Å². The fourth-order valence-corrected chi connectivity index (χ4v) is 3.90. The highest BCUT2D eigenvalue weighted by Crippen LogP contribution is 2.47. The van der Waals surface area contributed by atoms with Crippen LogP contribution in [0.5, 0.6) is 0 Å². The number of benzene rings is 1. The highest BCUT2D eigenvalue weighted by Gasteiger charge is 2.57. The van der Waals surface area contributed by atoms with Gasteiger partial charge < -0.3 is 24.8 Å². The number of carbonyl (C=O) groups is 4. The number of anilines is 1. The largest absolute Gasteiger partial charge is 0.427 e. The van der Waals surface area contributed by atoms with E-state index in [0.29, 0.717) is 23.2 Å². The predicted molar refractivity (Wildman–Crippen MR) is 115 cm³/mol. The van der Waals surface area contributed by atoms with Gasteiger partial charge in [0.2, 0.25) is 18.6 Å². The number of β-lactam (4-membered cyclic amide) rings is 1. The summed E-state index contributed by atoms with van der Waals surface area (Å²) in [7, 11) is 0. The summed E-state index contributed by atoms with van der Waals surface area (Å²) in [5, 5.41) is 12.7. The molecule has 1 saturated heterocycles. The maximum absolute atomic E-state index is 12.9. The molecule has 2 aliphatic heterocycles. The zero-order chi connectivity index (χ0) is 23.8. The van der Waals surface area contributed by atoms with Crippen molar-refractivity contribution in [3.8, 4) is 0 Å². The van der Waals surface area contributed by atoms with Crippen LogP contribution in [0, 0.1) is 11.3 Å². The van der Waals surface area contributed by atoms with E-state index in [1.165, 1.54) is 11.8 Å². The SMILES string of the molecule is CC(=O)Nc1ccc(C2=C(C(=O)OCOC(=O)C(C)(C)C)N3C(=O)[C@H]([C@@H](C)O)[C@H]3C2)cc1. The lowest BCUT2D eigenvalue weighted by atomic mass is 9.82. The second kappa shape index (κ2) is 8.74. The van der Waals surface area contributed by atoms with Crippen molar-refractivity contribution in [1.82, 2.24) is 4.90 Å². The Labute approximate surface area is 186 Å². The van der Waals surface area contributed by atoms with E-state index in [1.54, 1.807) is 52.0 Å². The topological polar surface area (TPSA) is 122 Å². The number of aliphatic hydroxyl groups excluding tert-OH is 1. The Balaban J connectivity index is 1.85. The molecule has 1 aromatic rings. The first-order valence-electron chi connectivity index (χ1n) is 10.4. The van der Waals surface area contributed by atoms with Crippen LogP contribution in [-0.4, -0.2) is 52.7 Å². The van der Waals surface area contributed by atoms with E-state index in [0.717, 1.165) is 0 Å². The van der Waals surface area contributed by atoms with Gasteiger partial charge in [-0.15, -0.1) is 0 Å². The Morgan fingerprint density at radius 1 is 1.19 bits per heavy atom. The molecule has 172 valence electrons. The Morgan fingerprint density at radius 3 is 2.34 bits per heavy atom. The van der Waals surface area contributed by atoms with E-state index in [-0.39, 0.29) is 23.6 Å². The average Bonchev–Trinajstić information content (AvgIpc) is 3.02. The van der Waals surface area contributed by atoms with Gasteiger partial charge >= 0.3 is 11.9 Å². The highest BCUT2D eigenvalue weighted by molar-refractivity contribution is 6.07. The monoisotopic (exact) mass is 444 g/mol. The summed E-state index contributed by atoms with van der Waals surface area (Å²) in [6.07, 6.45) is -0.484. The summed E-state index contributed by atoms with van der Waals surface area (Å²) in [5.41, 5.74) is 1.20. The van der Waals surface area contributed by atoms with Crippen LogP contribution in [0.4, 0.5) is 5.69 Å². The molecule has 3 rings (SSSR count). The number of rotatable bonds is 6. The Bertz CT molecular complexity index is 973. The van der Waals surface area contributed by atoms with Crippen molar-refractivity contribution in [1.29, 1.82) is 0 Å². The van der Waals surface area contributed by atoms with E-state index in [2.05, 4.69) is 5.32 Å². The normalized spacial score (nSPS) is 20.9. The molecule has 0 unspecified atom stereocenters. The van der Waals surface area contributed by atoms with E-state index in [9.17, 15) is 24.3 Å². The lowest BCUT2D eigenvalue weighted by Crippen LogP contribution is -2.61. The highest BCUT2D eigenvalue weighted by atomic mass is 16.7. The van der Waals surface area contributed by atoms with Crippen molar-refractivity contribution >= 4 is 35.0 Å². The summed E-state index contributed by atoms with van der Waals surface area (Å²) in [6.45, 7) is 7.42. The van der Waals surface area contributed by atoms with Crippen molar-refractivity contribution in [3.63, 3.8) is 0 Å². The molecule has 2 aliphatic rings. The first-order chi connectivity index (χ1) is 14.9. The summed E-state index contributed by atoms with van der Waals surface area (Å²) >= 11 is 0. The minimum Gasteiger partial charge on any atom is -0.427 e. The summed E-state index contributed by atoms with van der Waals surface area (Å²) in [5.74, 6) is -2.47. The molecule has 0 saturated carbocycles. The number of hydrogen-bond acceptors (Lipinski definition) is 7. The molecule has 0 radical (unpaired) electrons. The molecule has 9 heteroatoms. The average molecular weight is 444 g/mol. The van der Waals surface area contributed by atoms with E-state index >= 15 is 0 Å². The molecule has 2 heterocycles. The number of hydrogen-bond donors (Lipinski definition) is 2. The summed E-state index contributed by atoms with van der Waals surface area (Å²) in [4.78, 5) is 50.1. The number of nitrogens with one attached hydrogen (secondary N) is 1. The first kappa shape index (κ1) is 23.5. The zero-order valence-electron chi connectivity index (χ0n) is 18.8. The lowest BCUT2D eigenvalue weighted by Gasteiger charge is -2.44. The molecule has 0 aromatic heterocycles. The second-order valence-corrected chi connectivity index (χ2v) is 9.06. The minimum absolute atomic E-state index is 0.0796. The number of esters is 2. The van der Waals surface area contributed by atoms with Crippen LogP contribution in [0.25, 0.3) is 5.57 Å². The van der Waals surface area contributed by atoms with Gasteiger partial charge in [-0.25, -0.2) is 4.79 Å². The third-order valence-electron chi connectivity index (χ3n) is 5.47. The van der Waals surface area contributed by atoms with Gasteiger partial charge in [-0.2, -0.15) is 0 Å². The van der Waals surface area contributed by atoms with Crippen molar-refractivity contribution in [2.45, 2.75) is 53.2 Å². The van der Waals surface area contributed by atoms with Gasteiger partial charge in [-0.05, 0) is 57.4 Å². The molecule has 3 atom stereocenters. The van der Waals surface area contributed by atoms with Gasteiger partial charge in [-0.3, -0.25) is 14.4 Å². The number of ether oxygens (including phenoxy) is 2. The van der Waals surface area contributed by atoms with Crippen LogP contribution in [0.3, 0.4) is 0 Å². The molecule has 9 nitrogen and oxygen atoms in total. The fourth-order valence-electron chi connectivity index (χ4n) is 3.90. The standard InChI is InChI=1S/C23H28N2O7/c1-12(26)18-17-10-16(14-6-8-15(9-7-14)24-13(2)27)19(25(17)20(18)28)21(29)31-11-32-22(30)23(3,4)5/h6-9,12,17-18,26H,10-11H2,1-5H3,(H,24,27)/t12-,17-,18-/m1/s1. The number of aliphatic hydroxyl groups is 1. The van der Waals surface area contributed by atoms with Crippen LogP contribution in [-0.2, 0) is 28.7 Å². The second-order valence-electron chi connectivity index (χ2n) is 9.06. The Hall–Kier alpha value is -3.20. The van der Waals surface area contributed by atoms with Crippen LogP contribution in [0.1, 0.15) is 46.6 Å². The molecule has 2 amide bonds. The number of amides is 2. The van der Waals surface area contributed by atoms with Gasteiger partial charge in [0.15, 0.2) is 0 Å². The van der Waals surface area contributed by atoms with Gasteiger partial charge in [0.25, 0.3) is 0 Å². The van der Waals surface area contributed by atoms with Gasteiger partial charge in [0, 0.05) is 12.6 Å². The number of nitrogens with zero attached hydrogens (tertiary/aromatic N) is 1. The van der Waals surface area contributed by atoms with E-state index in [1.807, 2.05) is 0 Å². The fraction of sp³-hybridized carbons (Fsp3) is 0.478. The smallest absolute Gasteiger partial charge is 0.358 e. The molecular weight excluding hydrogens is 416 g/mol. The molecule has 1 fully saturated rings. The molecule has 0 aliphatic carbocycles. The zero-order valence-corrected chi connectivity index (χ0v) is 18.8. The molecule has 0 spiro atoms. The Morgan fingerprint density at radius 2 is 1.81 bits per heavy atom.